The third-order valence-electron chi connectivity index (χ3n) is 5.11. The van der Waals surface area contributed by atoms with E-state index in [0.717, 1.165) is 6.42 Å². The summed E-state index contributed by atoms with van der Waals surface area (Å²) in [4.78, 5) is 18.4. The molecule has 0 aliphatic carbocycles. The van der Waals surface area contributed by atoms with Gasteiger partial charge in [0.2, 0.25) is 15.9 Å². The Morgan fingerprint density at radius 2 is 1.93 bits per heavy atom. The Bertz CT molecular complexity index is 696. The van der Waals surface area contributed by atoms with Crippen LogP contribution < -0.4 is 5.73 Å². The summed E-state index contributed by atoms with van der Waals surface area (Å²) in [5.74, 6) is 0.342. The van der Waals surface area contributed by atoms with Crippen molar-refractivity contribution in [2.24, 2.45) is 17.6 Å². The number of aromatic nitrogens is 1. The summed E-state index contributed by atoms with van der Waals surface area (Å²) in [5.41, 5.74) is 6.05. The molecule has 0 bridgehead atoms. The Hall–Kier alpha value is -0.930. The molecule has 2 rings (SSSR count). The van der Waals surface area contributed by atoms with Gasteiger partial charge >= 0.3 is 0 Å². The highest BCUT2D eigenvalue weighted by Gasteiger charge is 2.33. The Labute approximate surface area is 180 Å². The monoisotopic (exact) mass is 454 g/mol. The Kier molecular flexibility index (Phi) is 11.5. The molecule has 28 heavy (non-hydrogen) atoms. The van der Waals surface area contributed by atoms with E-state index in [1.807, 2.05) is 0 Å². The molecule has 2 heterocycles. The minimum absolute atomic E-state index is 0. The first-order valence-corrected chi connectivity index (χ1v) is 10.6. The van der Waals surface area contributed by atoms with E-state index in [2.05, 4.69) is 18.8 Å². The second-order valence-electron chi connectivity index (χ2n) is 7.32. The van der Waals surface area contributed by atoms with E-state index < -0.39 is 10.0 Å². The third-order valence-corrected chi connectivity index (χ3v) is 6.99. The lowest BCUT2D eigenvalue weighted by atomic mass is 9.96. The summed E-state index contributed by atoms with van der Waals surface area (Å²) in [6.45, 7) is 5.49. The number of rotatable bonds is 7. The number of pyridine rings is 1. The number of sulfonamides is 1. The van der Waals surface area contributed by atoms with Crippen molar-refractivity contribution in [2.75, 3.05) is 26.7 Å². The van der Waals surface area contributed by atoms with Gasteiger partial charge in [0.1, 0.15) is 4.90 Å². The smallest absolute Gasteiger partial charge is 0.244 e. The number of nitrogens with zero attached hydrogens (tertiary/aromatic N) is 3. The number of halogens is 2. The summed E-state index contributed by atoms with van der Waals surface area (Å²) in [5, 5.41) is 0. The Balaban J connectivity index is 0.00000364. The van der Waals surface area contributed by atoms with Crippen molar-refractivity contribution in [1.82, 2.24) is 14.2 Å². The molecule has 0 radical (unpaired) electrons. The van der Waals surface area contributed by atoms with Gasteiger partial charge in [0, 0.05) is 51.0 Å². The van der Waals surface area contributed by atoms with Crippen LogP contribution in [0.15, 0.2) is 29.4 Å². The molecule has 1 fully saturated rings. The Morgan fingerprint density at radius 3 is 2.43 bits per heavy atom. The van der Waals surface area contributed by atoms with Crippen molar-refractivity contribution in [3.05, 3.63) is 24.5 Å². The lowest BCUT2D eigenvalue weighted by Crippen LogP contribution is -2.44. The van der Waals surface area contributed by atoms with Crippen molar-refractivity contribution >= 4 is 40.7 Å². The summed E-state index contributed by atoms with van der Waals surface area (Å²) < 4.78 is 26.7. The standard InChI is InChI=1S/C18H30N4O3S.2ClH/c1-14(2)17(19)8-10-21(3)18(23)15-6-11-22(12-7-15)26(24,25)16-5-4-9-20-13-16;;/h4-5,9,13-15,17H,6-8,10-12,19H2,1-3H3;2*1H. The van der Waals surface area contributed by atoms with E-state index in [4.69, 9.17) is 5.73 Å². The lowest BCUT2D eigenvalue weighted by molar-refractivity contribution is -0.135. The number of amides is 1. The molecule has 1 unspecified atom stereocenters. The highest BCUT2D eigenvalue weighted by Crippen LogP contribution is 2.24. The molecule has 1 aromatic heterocycles. The maximum absolute atomic E-state index is 12.6. The number of nitrogens with two attached hydrogens (primary N) is 1. The molecule has 1 atom stereocenters. The molecule has 0 saturated carbocycles. The van der Waals surface area contributed by atoms with E-state index in [0.29, 0.717) is 38.4 Å². The number of carbonyl (C=O) groups is 1. The summed E-state index contributed by atoms with van der Waals surface area (Å²) in [6.07, 6.45) is 4.76. The van der Waals surface area contributed by atoms with Crippen LogP contribution in [0.1, 0.15) is 33.1 Å². The van der Waals surface area contributed by atoms with Gasteiger partial charge in [0.15, 0.2) is 0 Å². The molecule has 10 heteroatoms. The van der Waals surface area contributed by atoms with Gasteiger partial charge in [-0.3, -0.25) is 9.78 Å². The second-order valence-corrected chi connectivity index (χ2v) is 9.26. The first kappa shape index (κ1) is 27.1. The van der Waals surface area contributed by atoms with Gasteiger partial charge in [0.05, 0.1) is 0 Å². The zero-order valence-corrected chi connectivity index (χ0v) is 19.1. The SMILES string of the molecule is CC(C)C(N)CCN(C)C(=O)C1CCN(S(=O)(=O)c2cccnc2)CC1.Cl.Cl. The zero-order valence-electron chi connectivity index (χ0n) is 16.7. The van der Waals surface area contributed by atoms with E-state index in [9.17, 15) is 13.2 Å². The predicted molar refractivity (Wildman–Crippen MR) is 115 cm³/mol. The van der Waals surface area contributed by atoms with E-state index >= 15 is 0 Å². The first-order valence-electron chi connectivity index (χ1n) is 9.14. The quantitative estimate of drug-likeness (QED) is 0.680. The minimum atomic E-state index is -3.53. The first-order chi connectivity index (χ1) is 12.2. The van der Waals surface area contributed by atoms with Crippen molar-refractivity contribution < 1.29 is 13.2 Å². The molecule has 1 amide bonds. The van der Waals surface area contributed by atoms with Crippen LogP contribution in [0.25, 0.3) is 0 Å². The third kappa shape index (κ3) is 6.84. The van der Waals surface area contributed by atoms with Crippen LogP contribution in [0.5, 0.6) is 0 Å². The van der Waals surface area contributed by atoms with Gasteiger partial charge in [-0.25, -0.2) is 8.42 Å². The molecule has 7 nitrogen and oxygen atoms in total. The fourth-order valence-electron chi connectivity index (χ4n) is 3.09. The molecule has 0 spiro atoms. The number of carbonyl (C=O) groups excluding carboxylic acids is 1. The van der Waals surface area contributed by atoms with Crippen molar-refractivity contribution in [3.63, 3.8) is 0 Å². The van der Waals surface area contributed by atoms with Crippen LogP contribution in [0.4, 0.5) is 0 Å². The molecular formula is C18H32Cl2N4O3S. The van der Waals surface area contributed by atoms with Crippen LogP contribution >= 0.6 is 24.8 Å². The van der Waals surface area contributed by atoms with Crippen molar-refractivity contribution in [1.29, 1.82) is 0 Å². The van der Waals surface area contributed by atoms with Crippen LogP contribution in [-0.4, -0.2) is 61.2 Å². The highest BCUT2D eigenvalue weighted by molar-refractivity contribution is 7.89. The molecule has 1 saturated heterocycles. The molecule has 1 aromatic rings. The molecule has 2 N–H and O–H groups in total. The maximum Gasteiger partial charge on any atom is 0.244 e. The predicted octanol–water partition coefficient (Wildman–Crippen LogP) is 2.16. The summed E-state index contributed by atoms with van der Waals surface area (Å²) in [6, 6.07) is 3.24. The van der Waals surface area contributed by atoms with Gasteiger partial charge in [-0.2, -0.15) is 4.31 Å². The largest absolute Gasteiger partial charge is 0.345 e. The van der Waals surface area contributed by atoms with E-state index in [1.54, 1.807) is 30.3 Å². The van der Waals surface area contributed by atoms with Crippen LogP contribution in [0.2, 0.25) is 0 Å². The van der Waals surface area contributed by atoms with Gasteiger partial charge in [-0.1, -0.05) is 13.8 Å². The summed E-state index contributed by atoms with van der Waals surface area (Å²) in [7, 11) is -1.73. The normalized spacial score (nSPS) is 16.8. The van der Waals surface area contributed by atoms with E-state index in [-0.39, 0.29) is 47.6 Å². The zero-order chi connectivity index (χ0) is 19.3. The molecule has 1 aliphatic heterocycles. The Morgan fingerprint density at radius 1 is 1.32 bits per heavy atom. The molecular weight excluding hydrogens is 423 g/mol. The van der Waals surface area contributed by atoms with Gasteiger partial charge in [-0.05, 0) is 37.3 Å². The summed E-state index contributed by atoms with van der Waals surface area (Å²) >= 11 is 0. The van der Waals surface area contributed by atoms with Gasteiger partial charge in [0.25, 0.3) is 0 Å². The van der Waals surface area contributed by atoms with Crippen LogP contribution in [0.3, 0.4) is 0 Å². The van der Waals surface area contributed by atoms with Gasteiger partial charge < -0.3 is 10.6 Å². The number of hydrogen-bond acceptors (Lipinski definition) is 5. The van der Waals surface area contributed by atoms with Crippen molar-refractivity contribution in [3.8, 4) is 0 Å². The molecule has 0 aromatic carbocycles. The minimum Gasteiger partial charge on any atom is -0.345 e. The van der Waals surface area contributed by atoms with E-state index in [1.165, 1.54) is 10.5 Å². The topological polar surface area (TPSA) is 96.6 Å². The molecule has 162 valence electrons. The van der Waals surface area contributed by atoms with Gasteiger partial charge in [-0.15, -0.1) is 24.8 Å². The number of hydrogen-bond donors (Lipinski definition) is 1. The maximum atomic E-state index is 12.6. The fourth-order valence-corrected chi connectivity index (χ4v) is 4.52. The highest BCUT2D eigenvalue weighted by atomic mass is 35.5. The van der Waals surface area contributed by atoms with Crippen LogP contribution in [0, 0.1) is 11.8 Å². The lowest BCUT2D eigenvalue weighted by Gasteiger charge is -2.32. The van der Waals surface area contributed by atoms with Crippen LogP contribution in [-0.2, 0) is 14.8 Å². The number of piperidine rings is 1. The average Bonchev–Trinajstić information content (AvgIpc) is 2.65. The fraction of sp³-hybridized carbons (Fsp3) is 0.667. The van der Waals surface area contributed by atoms with Crippen molar-refractivity contribution in [2.45, 2.75) is 44.0 Å². The second kappa shape index (κ2) is 11.9. The average molecular weight is 455 g/mol. The molecule has 1 aliphatic rings.